The Morgan fingerprint density at radius 3 is 2.09 bits per heavy atom. The van der Waals surface area contributed by atoms with Crippen molar-refractivity contribution in [3.63, 3.8) is 0 Å². The number of aliphatic hydroxyl groups excluding tert-OH is 1. The van der Waals surface area contributed by atoms with Gasteiger partial charge < -0.3 is 19.9 Å². The topological polar surface area (TPSA) is 50.7 Å². The molecule has 4 heteroatoms. The summed E-state index contributed by atoms with van der Waals surface area (Å²) in [5.41, 5.74) is 1.83. The highest BCUT2D eigenvalue weighted by atomic mass is 16.5. The van der Waals surface area contributed by atoms with Crippen molar-refractivity contribution in [2.24, 2.45) is 0 Å². The Kier molecular flexibility index (Phi) is 6.02. The molecule has 2 aromatic carbocycles. The summed E-state index contributed by atoms with van der Waals surface area (Å²) in [6.07, 6.45) is -0.695. The summed E-state index contributed by atoms with van der Waals surface area (Å²) in [6, 6.07) is 15.5. The van der Waals surface area contributed by atoms with E-state index in [1.54, 1.807) is 14.2 Å². The number of rotatable bonds is 7. The van der Waals surface area contributed by atoms with Gasteiger partial charge in [0, 0.05) is 6.04 Å². The Labute approximate surface area is 138 Å². The predicted molar refractivity (Wildman–Crippen MR) is 92.0 cm³/mol. The van der Waals surface area contributed by atoms with Crippen LogP contribution in [0.5, 0.6) is 11.5 Å². The van der Waals surface area contributed by atoms with Gasteiger partial charge in [0.2, 0.25) is 0 Å². The lowest BCUT2D eigenvalue weighted by Crippen LogP contribution is -2.32. The average Bonchev–Trinajstić information content (AvgIpc) is 2.59. The maximum atomic E-state index is 10.9. The van der Waals surface area contributed by atoms with Crippen LogP contribution in [0.1, 0.15) is 37.1 Å². The lowest BCUT2D eigenvalue weighted by atomic mass is 9.95. The molecule has 0 aromatic heterocycles. The fraction of sp³-hybridized carbons (Fsp3) is 0.368. The molecule has 0 heterocycles. The second kappa shape index (κ2) is 7.99. The minimum atomic E-state index is -0.695. The fourth-order valence-electron chi connectivity index (χ4n) is 2.62. The minimum absolute atomic E-state index is 0.200. The van der Waals surface area contributed by atoms with Gasteiger partial charge in [-0.05, 0) is 23.3 Å². The zero-order valence-electron chi connectivity index (χ0n) is 14.1. The van der Waals surface area contributed by atoms with E-state index in [1.165, 1.54) is 0 Å². The summed E-state index contributed by atoms with van der Waals surface area (Å²) in [5.74, 6) is 1.26. The van der Waals surface area contributed by atoms with Gasteiger partial charge in [-0.1, -0.05) is 50.2 Å². The maximum absolute atomic E-state index is 10.9. The first-order chi connectivity index (χ1) is 11.1. The largest absolute Gasteiger partial charge is 0.493 e. The molecule has 0 spiro atoms. The molecule has 2 rings (SSSR count). The van der Waals surface area contributed by atoms with Crippen molar-refractivity contribution in [1.29, 1.82) is 0 Å². The van der Waals surface area contributed by atoms with Crippen molar-refractivity contribution in [2.75, 3.05) is 14.2 Å². The Hall–Kier alpha value is -2.04. The van der Waals surface area contributed by atoms with Crippen LogP contribution in [0.3, 0.4) is 0 Å². The Bertz CT molecular complexity index is 613. The van der Waals surface area contributed by atoms with Crippen LogP contribution in [-0.4, -0.2) is 25.4 Å². The monoisotopic (exact) mass is 315 g/mol. The number of hydrogen-bond acceptors (Lipinski definition) is 4. The molecule has 2 unspecified atom stereocenters. The van der Waals surface area contributed by atoms with Crippen molar-refractivity contribution in [3.8, 4) is 11.5 Å². The van der Waals surface area contributed by atoms with Crippen LogP contribution in [0.15, 0.2) is 48.5 Å². The highest BCUT2D eigenvalue weighted by Gasteiger charge is 2.24. The summed E-state index contributed by atoms with van der Waals surface area (Å²) in [4.78, 5) is 0. The Morgan fingerprint density at radius 2 is 1.52 bits per heavy atom. The third kappa shape index (κ3) is 4.24. The van der Waals surface area contributed by atoms with Crippen LogP contribution in [0.2, 0.25) is 0 Å². The van der Waals surface area contributed by atoms with Gasteiger partial charge in [0.25, 0.3) is 0 Å². The van der Waals surface area contributed by atoms with Crippen LogP contribution < -0.4 is 14.8 Å². The van der Waals surface area contributed by atoms with Crippen LogP contribution in [0.4, 0.5) is 0 Å². The molecule has 23 heavy (non-hydrogen) atoms. The predicted octanol–water partition coefficient (Wildman–Crippen LogP) is 3.48. The van der Waals surface area contributed by atoms with Gasteiger partial charge in [-0.15, -0.1) is 0 Å². The first kappa shape index (κ1) is 17.3. The van der Waals surface area contributed by atoms with Crippen molar-refractivity contribution in [1.82, 2.24) is 5.32 Å². The average molecular weight is 315 g/mol. The van der Waals surface area contributed by atoms with Crippen LogP contribution in [-0.2, 0) is 0 Å². The van der Waals surface area contributed by atoms with E-state index in [0.29, 0.717) is 11.5 Å². The van der Waals surface area contributed by atoms with Gasteiger partial charge in [0.15, 0.2) is 11.5 Å². The van der Waals surface area contributed by atoms with Gasteiger partial charge >= 0.3 is 0 Å². The zero-order chi connectivity index (χ0) is 16.8. The lowest BCUT2D eigenvalue weighted by molar-refractivity contribution is 0.123. The van der Waals surface area contributed by atoms with Gasteiger partial charge in [-0.3, -0.25) is 0 Å². The van der Waals surface area contributed by atoms with E-state index in [2.05, 4.69) is 19.2 Å². The molecular weight excluding hydrogens is 290 g/mol. The van der Waals surface area contributed by atoms with Crippen molar-refractivity contribution in [2.45, 2.75) is 32.0 Å². The van der Waals surface area contributed by atoms with Crippen molar-refractivity contribution < 1.29 is 14.6 Å². The number of methoxy groups -OCH3 is 2. The molecule has 2 N–H and O–H groups in total. The van der Waals surface area contributed by atoms with E-state index in [1.807, 2.05) is 48.5 Å². The first-order valence-electron chi connectivity index (χ1n) is 7.77. The molecule has 0 fully saturated rings. The third-order valence-electron chi connectivity index (χ3n) is 3.74. The lowest BCUT2D eigenvalue weighted by Gasteiger charge is -2.27. The van der Waals surface area contributed by atoms with E-state index in [-0.39, 0.29) is 12.1 Å². The van der Waals surface area contributed by atoms with E-state index < -0.39 is 6.10 Å². The van der Waals surface area contributed by atoms with Crippen LogP contribution in [0.25, 0.3) is 0 Å². The molecule has 4 nitrogen and oxygen atoms in total. The molecule has 0 bridgehead atoms. The highest BCUT2D eigenvalue weighted by molar-refractivity contribution is 5.44. The maximum Gasteiger partial charge on any atom is 0.161 e. The number of nitrogens with one attached hydrogen (secondary N) is 1. The molecule has 0 aliphatic rings. The number of benzene rings is 2. The van der Waals surface area contributed by atoms with Crippen LogP contribution >= 0.6 is 0 Å². The summed E-state index contributed by atoms with van der Waals surface area (Å²) in [5, 5.41) is 14.3. The molecule has 2 aromatic rings. The summed E-state index contributed by atoms with van der Waals surface area (Å²) < 4.78 is 10.6. The second-order valence-electron chi connectivity index (χ2n) is 5.77. The molecule has 0 saturated carbocycles. The highest BCUT2D eigenvalue weighted by Crippen LogP contribution is 2.35. The second-order valence-corrected chi connectivity index (χ2v) is 5.77. The molecule has 0 saturated heterocycles. The molecule has 124 valence electrons. The first-order valence-corrected chi connectivity index (χ1v) is 7.77. The quantitative estimate of drug-likeness (QED) is 0.821. The molecule has 0 radical (unpaired) electrons. The van der Waals surface area contributed by atoms with Gasteiger partial charge in [-0.2, -0.15) is 0 Å². The van der Waals surface area contributed by atoms with Crippen molar-refractivity contribution >= 4 is 0 Å². The van der Waals surface area contributed by atoms with Gasteiger partial charge in [-0.25, -0.2) is 0 Å². The summed E-state index contributed by atoms with van der Waals surface area (Å²) in [7, 11) is 3.19. The molecule has 0 aliphatic heterocycles. The minimum Gasteiger partial charge on any atom is -0.493 e. The van der Waals surface area contributed by atoms with Gasteiger partial charge in [0.1, 0.15) is 0 Å². The van der Waals surface area contributed by atoms with E-state index in [4.69, 9.17) is 9.47 Å². The van der Waals surface area contributed by atoms with E-state index in [9.17, 15) is 5.11 Å². The SMILES string of the molecule is COc1ccc(C(O)C(NC(C)C)c2ccccc2)cc1OC. The summed E-state index contributed by atoms with van der Waals surface area (Å²) in [6.45, 7) is 4.13. The molecule has 0 amide bonds. The molecular formula is C19H25NO3. The van der Waals surface area contributed by atoms with Crippen molar-refractivity contribution in [3.05, 3.63) is 59.7 Å². The summed E-state index contributed by atoms with van der Waals surface area (Å²) >= 11 is 0. The fourth-order valence-corrected chi connectivity index (χ4v) is 2.62. The Balaban J connectivity index is 2.35. The smallest absolute Gasteiger partial charge is 0.161 e. The number of aliphatic hydroxyl groups is 1. The Morgan fingerprint density at radius 1 is 0.870 bits per heavy atom. The molecule has 0 aliphatic carbocycles. The standard InChI is InChI=1S/C19H25NO3/c1-13(2)20-18(14-8-6-5-7-9-14)19(21)15-10-11-16(22-3)17(12-15)23-4/h5-13,18-21H,1-4H3. The normalized spacial score (nSPS) is 13.7. The zero-order valence-corrected chi connectivity index (χ0v) is 14.1. The number of hydrogen-bond donors (Lipinski definition) is 2. The van der Waals surface area contributed by atoms with E-state index in [0.717, 1.165) is 11.1 Å². The molecule has 2 atom stereocenters. The third-order valence-corrected chi connectivity index (χ3v) is 3.74. The van der Waals surface area contributed by atoms with Crippen LogP contribution in [0, 0.1) is 0 Å². The number of ether oxygens (including phenoxy) is 2. The van der Waals surface area contributed by atoms with Gasteiger partial charge in [0.05, 0.1) is 26.4 Å². The van der Waals surface area contributed by atoms with E-state index >= 15 is 0 Å².